The second-order valence-corrected chi connectivity index (χ2v) is 12.1. The summed E-state index contributed by atoms with van der Waals surface area (Å²) in [6.07, 6.45) is -3.28. The van der Waals surface area contributed by atoms with Crippen molar-refractivity contribution >= 4 is 58.5 Å². The minimum atomic E-state index is -4.73. The lowest BCUT2D eigenvalue weighted by atomic mass is 10.1. The Labute approximate surface area is 289 Å². The van der Waals surface area contributed by atoms with Crippen LogP contribution in [0.2, 0.25) is 5.02 Å². The van der Waals surface area contributed by atoms with Crippen LogP contribution >= 0.6 is 23.4 Å². The number of alkyl halides is 3. The molecule has 9 nitrogen and oxygen atoms in total. The molecule has 4 aromatic rings. The van der Waals surface area contributed by atoms with Gasteiger partial charge in [-0.05, 0) is 79.2 Å². The zero-order chi connectivity index (χ0) is 35.7. The van der Waals surface area contributed by atoms with Crippen LogP contribution in [0.15, 0.2) is 95.5 Å². The molecule has 3 amide bonds. The maximum absolute atomic E-state index is 13.6. The first kappa shape index (κ1) is 36.7. The molecule has 0 spiro atoms. The fraction of sp³-hybridized carbons (Fsp3) is 0.171. The van der Waals surface area contributed by atoms with Crippen molar-refractivity contribution in [1.29, 1.82) is 0 Å². The Bertz CT molecular complexity index is 1850. The first-order chi connectivity index (χ1) is 23.3. The molecule has 0 saturated heterocycles. The number of hydrogen-bond acceptors (Lipinski definition) is 7. The van der Waals surface area contributed by atoms with Gasteiger partial charge in [-0.1, -0.05) is 35.9 Å². The fourth-order valence-electron chi connectivity index (χ4n) is 4.49. The normalized spacial score (nSPS) is 12.0. The van der Waals surface area contributed by atoms with E-state index in [1.807, 2.05) is 0 Å². The van der Waals surface area contributed by atoms with Gasteiger partial charge in [-0.15, -0.1) is 11.8 Å². The Kier molecular flexibility index (Phi) is 12.2. The van der Waals surface area contributed by atoms with Crippen LogP contribution in [-0.4, -0.2) is 44.3 Å². The lowest BCUT2D eigenvalue weighted by Crippen LogP contribution is -2.30. The molecule has 0 aliphatic rings. The van der Waals surface area contributed by atoms with Crippen molar-refractivity contribution in [3.05, 3.63) is 112 Å². The number of anilines is 2. The van der Waals surface area contributed by atoms with E-state index in [-0.39, 0.29) is 10.7 Å². The molecule has 256 valence electrons. The van der Waals surface area contributed by atoms with Gasteiger partial charge < -0.3 is 30.2 Å². The molecule has 0 aromatic heterocycles. The van der Waals surface area contributed by atoms with Gasteiger partial charge in [0.05, 0.1) is 37.8 Å². The van der Waals surface area contributed by atoms with E-state index in [9.17, 15) is 27.6 Å². The second kappa shape index (κ2) is 16.3. The van der Waals surface area contributed by atoms with E-state index in [1.165, 1.54) is 40.4 Å². The quantitative estimate of drug-likeness (QED) is 0.101. The van der Waals surface area contributed by atoms with Crippen LogP contribution in [0.3, 0.4) is 0 Å². The molecule has 0 radical (unpaired) electrons. The highest BCUT2D eigenvalue weighted by Gasteiger charge is 2.34. The molecule has 1 unspecified atom stereocenters. The zero-order valence-electron chi connectivity index (χ0n) is 26.6. The van der Waals surface area contributed by atoms with Crippen molar-refractivity contribution in [2.45, 2.75) is 23.2 Å². The molecule has 0 aliphatic carbocycles. The van der Waals surface area contributed by atoms with E-state index in [0.29, 0.717) is 39.0 Å². The SMILES string of the molecule is COc1cc(/C=C(/NC(=O)c2ccccc2)C(=O)Nc2cccc(SC(C)C(=O)Nc3ccc(Cl)cc3C(F)(F)F)c2)cc(OC)c1OC. The Hall–Kier alpha value is -5.14. The van der Waals surface area contributed by atoms with Gasteiger partial charge in [-0.25, -0.2) is 0 Å². The first-order valence-electron chi connectivity index (χ1n) is 14.5. The summed E-state index contributed by atoms with van der Waals surface area (Å²) in [5.41, 5.74) is -0.504. The number of methoxy groups -OCH3 is 3. The minimum absolute atomic E-state index is 0.114. The summed E-state index contributed by atoms with van der Waals surface area (Å²) in [5.74, 6) is -0.882. The molecule has 0 fully saturated rings. The summed E-state index contributed by atoms with van der Waals surface area (Å²) in [6.45, 7) is 1.53. The van der Waals surface area contributed by atoms with Gasteiger partial charge in [0.25, 0.3) is 11.8 Å². The van der Waals surface area contributed by atoms with Gasteiger partial charge in [-0.3, -0.25) is 14.4 Å². The minimum Gasteiger partial charge on any atom is -0.493 e. The third kappa shape index (κ3) is 9.71. The average molecular weight is 714 g/mol. The summed E-state index contributed by atoms with van der Waals surface area (Å²) in [7, 11) is 4.35. The van der Waals surface area contributed by atoms with Gasteiger partial charge in [0.2, 0.25) is 11.7 Å². The second-order valence-electron chi connectivity index (χ2n) is 10.3. The summed E-state index contributed by atoms with van der Waals surface area (Å²) in [5, 5.41) is 6.78. The summed E-state index contributed by atoms with van der Waals surface area (Å²) < 4.78 is 56.8. The number of hydrogen-bond donors (Lipinski definition) is 3. The fourth-order valence-corrected chi connectivity index (χ4v) is 5.59. The van der Waals surface area contributed by atoms with Gasteiger partial charge >= 0.3 is 6.18 Å². The number of rotatable bonds is 12. The largest absolute Gasteiger partial charge is 0.493 e. The smallest absolute Gasteiger partial charge is 0.418 e. The molecule has 0 heterocycles. The van der Waals surface area contributed by atoms with Crippen LogP contribution in [0, 0.1) is 0 Å². The molecular formula is C35H31ClF3N3O6S. The van der Waals surface area contributed by atoms with E-state index in [1.54, 1.807) is 66.7 Å². The Balaban J connectivity index is 1.56. The van der Waals surface area contributed by atoms with E-state index in [4.69, 9.17) is 25.8 Å². The predicted molar refractivity (Wildman–Crippen MR) is 183 cm³/mol. The molecule has 4 rings (SSSR count). The van der Waals surface area contributed by atoms with E-state index >= 15 is 0 Å². The van der Waals surface area contributed by atoms with Crippen LogP contribution in [0.25, 0.3) is 6.08 Å². The number of halogens is 4. The molecule has 3 N–H and O–H groups in total. The maximum atomic E-state index is 13.6. The number of benzene rings is 4. The highest BCUT2D eigenvalue weighted by molar-refractivity contribution is 8.00. The van der Waals surface area contributed by atoms with Crippen molar-refractivity contribution in [2.24, 2.45) is 0 Å². The standard InChI is InChI=1S/C35H31ClF3N3O6S/c1-20(32(43)41-27-14-13-23(36)18-26(27)35(37,38)39)49-25-12-8-11-24(19-25)40-34(45)28(42-33(44)22-9-6-5-7-10-22)15-21-16-29(46-2)31(48-4)30(17-21)47-3/h5-20H,1-4H3,(H,40,45)(H,41,43)(H,42,44)/b28-15+. The number of ether oxygens (including phenoxy) is 3. The van der Waals surface area contributed by atoms with E-state index < -0.39 is 40.4 Å². The van der Waals surface area contributed by atoms with Crippen LogP contribution in [0.1, 0.15) is 28.4 Å². The third-order valence-electron chi connectivity index (χ3n) is 6.85. The van der Waals surface area contributed by atoms with Crippen molar-refractivity contribution in [3.63, 3.8) is 0 Å². The van der Waals surface area contributed by atoms with Crippen LogP contribution in [0.4, 0.5) is 24.5 Å². The number of nitrogens with one attached hydrogen (secondary N) is 3. The van der Waals surface area contributed by atoms with Gasteiger partial charge in [-0.2, -0.15) is 13.2 Å². The maximum Gasteiger partial charge on any atom is 0.418 e. The van der Waals surface area contributed by atoms with Crippen LogP contribution in [0.5, 0.6) is 17.2 Å². The zero-order valence-corrected chi connectivity index (χ0v) is 28.2. The molecule has 1 atom stereocenters. The highest BCUT2D eigenvalue weighted by atomic mass is 35.5. The van der Waals surface area contributed by atoms with Crippen LogP contribution in [-0.2, 0) is 15.8 Å². The number of thioether (sulfide) groups is 1. The lowest BCUT2D eigenvalue weighted by Gasteiger charge is -2.17. The molecule has 14 heteroatoms. The Morgan fingerprint density at radius 2 is 1.51 bits per heavy atom. The van der Waals surface area contributed by atoms with Crippen LogP contribution < -0.4 is 30.2 Å². The van der Waals surface area contributed by atoms with Gasteiger partial charge in [0.15, 0.2) is 11.5 Å². The lowest BCUT2D eigenvalue weighted by molar-refractivity contribution is -0.137. The molecule has 0 saturated carbocycles. The van der Waals surface area contributed by atoms with Crippen molar-refractivity contribution in [1.82, 2.24) is 5.32 Å². The number of carbonyl (C=O) groups excluding carboxylic acids is 3. The molecule has 0 aliphatic heterocycles. The summed E-state index contributed by atoms with van der Waals surface area (Å²) in [6, 6.07) is 21.1. The van der Waals surface area contributed by atoms with Gasteiger partial charge in [0, 0.05) is 21.2 Å². The molecule has 4 aromatic carbocycles. The summed E-state index contributed by atoms with van der Waals surface area (Å²) >= 11 is 6.81. The predicted octanol–water partition coefficient (Wildman–Crippen LogP) is 7.91. The first-order valence-corrected chi connectivity index (χ1v) is 15.7. The monoisotopic (exact) mass is 713 g/mol. The van der Waals surface area contributed by atoms with Crippen molar-refractivity contribution in [2.75, 3.05) is 32.0 Å². The third-order valence-corrected chi connectivity index (χ3v) is 8.17. The Morgan fingerprint density at radius 1 is 0.837 bits per heavy atom. The molecule has 49 heavy (non-hydrogen) atoms. The number of amides is 3. The molecular weight excluding hydrogens is 683 g/mol. The van der Waals surface area contributed by atoms with Crippen molar-refractivity contribution in [3.8, 4) is 17.2 Å². The number of carbonyl (C=O) groups is 3. The summed E-state index contributed by atoms with van der Waals surface area (Å²) in [4.78, 5) is 40.2. The average Bonchev–Trinajstić information content (AvgIpc) is 3.08. The molecule has 0 bridgehead atoms. The Morgan fingerprint density at radius 3 is 2.12 bits per heavy atom. The topological polar surface area (TPSA) is 115 Å². The van der Waals surface area contributed by atoms with Gasteiger partial charge in [0.1, 0.15) is 5.70 Å². The van der Waals surface area contributed by atoms with Crippen molar-refractivity contribution < 1.29 is 41.8 Å². The van der Waals surface area contributed by atoms with E-state index in [2.05, 4.69) is 16.0 Å². The van der Waals surface area contributed by atoms with E-state index in [0.717, 1.165) is 23.9 Å². The highest BCUT2D eigenvalue weighted by Crippen LogP contribution is 2.39.